The molecule has 1 aliphatic rings. The van der Waals surface area contributed by atoms with Gasteiger partial charge in [0.2, 0.25) is 0 Å². The van der Waals surface area contributed by atoms with E-state index in [2.05, 4.69) is 25.7 Å². The molecule has 1 fully saturated rings. The molecule has 92 valence electrons. The Morgan fingerprint density at radius 2 is 1.81 bits per heavy atom. The topological polar surface area (TPSA) is 20.3 Å². The highest BCUT2D eigenvalue weighted by molar-refractivity contribution is 5.93. The summed E-state index contributed by atoms with van der Waals surface area (Å²) >= 11 is 0. The van der Waals surface area contributed by atoms with Crippen molar-refractivity contribution in [2.24, 2.45) is 5.41 Å². The highest BCUT2D eigenvalue weighted by atomic mass is 16.2. The zero-order valence-electron chi connectivity index (χ0n) is 11.4. The van der Waals surface area contributed by atoms with Crippen molar-refractivity contribution in [2.75, 3.05) is 13.1 Å². The number of carbonyl (C=O) groups excluding carboxylic acids is 1. The van der Waals surface area contributed by atoms with E-state index in [9.17, 15) is 4.79 Å². The first-order valence-corrected chi connectivity index (χ1v) is 6.33. The number of rotatable bonds is 1. The molecular weight excluding hydrogens is 198 g/mol. The Balaban J connectivity index is 0.00000106. The molecule has 0 aliphatic carbocycles. The van der Waals surface area contributed by atoms with Crippen LogP contribution in [0.1, 0.15) is 53.9 Å². The summed E-state index contributed by atoms with van der Waals surface area (Å²) < 4.78 is 0. The van der Waals surface area contributed by atoms with E-state index in [4.69, 9.17) is 0 Å². The standard InChI is InChI=1S/C12H19NO.C2H6/c1-4-6-11(14)13-9-7-12(3,5-2)8-10-13;1-2/h5,7-10H2,1-3H3;1-2H3. The minimum absolute atomic E-state index is 0.00865. The molecular formula is C14H25NO. The third-order valence-electron chi connectivity index (χ3n) is 3.34. The van der Waals surface area contributed by atoms with E-state index >= 15 is 0 Å². The van der Waals surface area contributed by atoms with E-state index in [-0.39, 0.29) is 5.91 Å². The van der Waals surface area contributed by atoms with Crippen LogP contribution < -0.4 is 0 Å². The minimum atomic E-state index is -0.00865. The summed E-state index contributed by atoms with van der Waals surface area (Å²) in [4.78, 5) is 13.3. The van der Waals surface area contributed by atoms with Crippen LogP contribution in [0.2, 0.25) is 0 Å². The Morgan fingerprint density at radius 3 is 2.19 bits per heavy atom. The van der Waals surface area contributed by atoms with Crippen LogP contribution in [0.25, 0.3) is 0 Å². The summed E-state index contributed by atoms with van der Waals surface area (Å²) in [6.45, 7) is 12.0. The van der Waals surface area contributed by atoms with Gasteiger partial charge in [-0.25, -0.2) is 0 Å². The Hall–Kier alpha value is -0.970. The van der Waals surface area contributed by atoms with Crippen molar-refractivity contribution in [1.82, 2.24) is 4.90 Å². The lowest BCUT2D eigenvalue weighted by Gasteiger charge is -2.38. The fourth-order valence-corrected chi connectivity index (χ4v) is 1.79. The number of hydrogen-bond donors (Lipinski definition) is 0. The van der Waals surface area contributed by atoms with Gasteiger partial charge in [-0.15, -0.1) is 0 Å². The molecule has 2 heteroatoms. The summed E-state index contributed by atoms with van der Waals surface area (Å²) in [5.74, 6) is 5.25. The van der Waals surface area contributed by atoms with Crippen LogP contribution in [0.4, 0.5) is 0 Å². The fourth-order valence-electron chi connectivity index (χ4n) is 1.79. The second-order valence-corrected chi connectivity index (χ2v) is 4.33. The van der Waals surface area contributed by atoms with E-state index < -0.39 is 0 Å². The van der Waals surface area contributed by atoms with Crippen LogP contribution in [0.3, 0.4) is 0 Å². The second-order valence-electron chi connectivity index (χ2n) is 4.33. The van der Waals surface area contributed by atoms with Crippen molar-refractivity contribution in [3.05, 3.63) is 0 Å². The monoisotopic (exact) mass is 223 g/mol. The first-order valence-electron chi connectivity index (χ1n) is 6.33. The Labute approximate surface area is 100 Å². The maximum absolute atomic E-state index is 11.4. The Kier molecular flexibility index (Phi) is 6.88. The molecule has 0 bridgehead atoms. The zero-order chi connectivity index (χ0) is 12.6. The maximum Gasteiger partial charge on any atom is 0.298 e. The molecule has 1 saturated heterocycles. The summed E-state index contributed by atoms with van der Waals surface area (Å²) in [5, 5.41) is 0. The molecule has 0 saturated carbocycles. The highest BCUT2D eigenvalue weighted by Gasteiger charge is 2.29. The van der Waals surface area contributed by atoms with Gasteiger partial charge in [0.15, 0.2) is 0 Å². The Bertz CT molecular complexity index is 264. The van der Waals surface area contributed by atoms with Crippen molar-refractivity contribution in [3.63, 3.8) is 0 Å². The molecule has 2 nitrogen and oxygen atoms in total. The van der Waals surface area contributed by atoms with Gasteiger partial charge in [0, 0.05) is 13.1 Å². The number of amides is 1. The van der Waals surface area contributed by atoms with E-state index in [0.717, 1.165) is 25.9 Å². The summed E-state index contributed by atoms with van der Waals surface area (Å²) in [7, 11) is 0. The van der Waals surface area contributed by atoms with Gasteiger partial charge in [0.05, 0.1) is 0 Å². The molecule has 1 amide bonds. The van der Waals surface area contributed by atoms with Crippen molar-refractivity contribution >= 4 is 5.91 Å². The molecule has 0 spiro atoms. The molecule has 1 aliphatic heterocycles. The summed E-state index contributed by atoms with van der Waals surface area (Å²) in [6.07, 6.45) is 3.43. The first-order chi connectivity index (χ1) is 7.61. The van der Waals surface area contributed by atoms with Crippen molar-refractivity contribution in [2.45, 2.75) is 53.9 Å². The number of carbonyl (C=O) groups is 1. The number of likely N-dealkylation sites (tertiary alicyclic amines) is 1. The van der Waals surface area contributed by atoms with Gasteiger partial charge in [-0.2, -0.15) is 0 Å². The molecule has 0 unspecified atom stereocenters. The van der Waals surface area contributed by atoms with E-state index in [1.54, 1.807) is 6.92 Å². The van der Waals surface area contributed by atoms with Gasteiger partial charge in [0.1, 0.15) is 0 Å². The SMILES string of the molecule is CC.CC#CC(=O)N1CCC(C)(CC)CC1. The molecule has 0 N–H and O–H groups in total. The Morgan fingerprint density at radius 1 is 1.31 bits per heavy atom. The summed E-state index contributed by atoms with van der Waals surface area (Å²) in [5.41, 5.74) is 0.441. The average molecular weight is 223 g/mol. The lowest BCUT2D eigenvalue weighted by Crippen LogP contribution is -2.41. The van der Waals surface area contributed by atoms with Crippen LogP contribution in [0, 0.1) is 17.3 Å². The quantitative estimate of drug-likeness (QED) is 0.626. The maximum atomic E-state index is 11.4. The van der Waals surface area contributed by atoms with E-state index in [1.165, 1.54) is 6.42 Å². The zero-order valence-corrected chi connectivity index (χ0v) is 11.4. The van der Waals surface area contributed by atoms with Gasteiger partial charge >= 0.3 is 0 Å². The van der Waals surface area contributed by atoms with Gasteiger partial charge in [-0.05, 0) is 31.1 Å². The molecule has 0 radical (unpaired) electrons. The molecule has 0 aromatic heterocycles. The minimum Gasteiger partial charge on any atom is -0.332 e. The predicted octanol–water partition coefficient (Wildman–Crippen LogP) is 3.07. The van der Waals surface area contributed by atoms with Gasteiger partial charge < -0.3 is 4.90 Å². The third-order valence-corrected chi connectivity index (χ3v) is 3.34. The third kappa shape index (κ3) is 4.26. The molecule has 0 aromatic rings. The normalized spacial score (nSPS) is 17.7. The number of nitrogens with zero attached hydrogens (tertiary/aromatic N) is 1. The van der Waals surface area contributed by atoms with Crippen molar-refractivity contribution in [3.8, 4) is 11.8 Å². The number of hydrogen-bond acceptors (Lipinski definition) is 1. The first kappa shape index (κ1) is 15.0. The van der Waals surface area contributed by atoms with Crippen molar-refractivity contribution < 1.29 is 4.79 Å². The predicted molar refractivity (Wildman–Crippen MR) is 69.0 cm³/mol. The van der Waals surface area contributed by atoms with E-state index in [0.29, 0.717) is 5.41 Å². The molecule has 1 heterocycles. The second kappa shape index (κ2) is 7.33. The van der Waals surface area contributed by atoms with Crippen LogP contribution in [-0.2, 0) is 4.79 Å². The van der Waals surface area contributed by atoms with Gasteiger partial charge in [-0.3, -0.25) is 4.79 Å². The van der Waals surface area contributed by atoms with Crippen LogP contribution >= 0.6 is 0 Å². The van der Waals surface area contributed by atoms with Crippen molar-refractivity contribution in [1.29, 1.82) is 0 Å². The molecule has 16 heavy (non-hydrogen) atoms. The smallest absolute Gasteiger partial charge is 0.298 e. The van der Waals surface area contributed by atoms with Gasteiger partial charge in [-0.1, -0.05) is 40.0 Å². The van der Waals surface area contributed by atoms with Crippen LogP contribution in [0.15, 0.2) is 0 Å². The average Bonchev–Trinajstić information content (AvgIpc) is 2.33. The molecule has 0 aromatic carbocycles. The largest absolute Gasteiger partial charge is 0.332 e. The van der Waals surface area contributed by atoms with Crippen LogP contribution in [0.5, 0.6) is 0 Å². The van der Waals surface area contributed by atoms with Gasteiger partial charge in [0.25, 0.3) is 5.91 Å². The molecule has 1 rings (SSSR count). The van der Waals surface area contributed by atoms with E-state index in [1.807, 2.05) is 18.7 Å². The lowest BCUT2D eigenvalue weighted by molar-refractivity contribution is -0.127. The fraction of sp³-hybridized carbons (Fsp3) is 0.786. The summed E-state index contributed by atoms with van der Waals surface area (Å²) in [6, 6.07) is 0. The molecule has 0 atom stereocenters. The number of piperidine rings is 1. The highest BCUT2D eigenvalue weighted by Crippen LogP contribution is 2.33. The lowest BCUT2D eigenvalue weighted by atomic mass is 9.78. The van der Waals surface area contributed by atoms with Crippen LogP contribution in [-0.4, -0.2) is 23.9 Å².